The maximum atomic E-state index is 11.6. The third kappa shape index (κ3) is 3.92. The minimum Gasteiger partial charge on any atom is -0.478 e. The molecule has 102 valence electrons. The minimum absolute atomic E-state index is 0.0249. The van der Waals surface area contributed by atoms with Gasteiger partial charge in [-0.1, -0.05) is 0 Å². The molecule has 19 heavy (non-hydrogen) atoms. The first kappa shape index (κ1) is 13.3. The summed E-state index contributed by atoms with van der Waals surface area (Å²) in [6.45, 7) is 1.18. The van der Waals surface area contributed by atoms with Gasteiger partial charge in [-0.3, -0.25) is 4.98 Å². The maximum absolute atomic E-state index is 11.6. The van der Waals surface area contributed by atoms with Crippen LogP contribution in [0.25, 0.3) is 0 Å². The zero-order valence-corrected chi connectivity index (χ0v) is 10.3. The molecule has 3 N–H and O–H groups in total. The topological polar surface area (TPSA) is 101 Å². The first-order chi connectivity index (χ1) is 9.15. The fourth-order valence-electron chi connectivity index (χ4n) is 1.81. The van der Waals surface area contributed by atoms with E-state index in [1.54, 1.807) is 0 Å². The highest BCUT2D eigenvalue weighted by molar-refractivity contribution is 5.92. The molecule has 1 atom stereocenters. The molecular formula is C12H15N3O4. The number of carbonyl (C=O) groups excluding carboxylic acids is 1. The monoisotopic (exact) mass is 265 g/mol. The summed E-state index contributed by atoms with van der Waals surface area (Å²) in [5.41, 5.74) is 0.363. The molecule has 1 aliphatic rings. The van der Waals surface area contributed by atoms with Crippen molar-refractivity contribution in [3.63, 3.8) is 0 Å². The van der Waals surface area contributed by atoms with Gasteiger partial charge in [0.25, 0.3) is 0 Å². The number of rotatable bonds is 4. The van der Waals surface area contributed by atoms with Crippen LogP contribution in [0.2, 0.25) is 0 Å². The van der Waals surface area contributed by atoms with Crippen molar-refractivity contribution < 1.29 is 19.4 Å². The van der Waals surface area contributed by atoms with Gasteiger partial charge in [-0.05, 0) is 18.9 Å². The highest BCUT2D eigenvalue weighted by Crippen LogP contribution is 2.11. The fourth-order valence-corrected chi connectivity index (χ4v) is 1.81. The van der Waals surface area contributed by atoms with Crippen molar-refractivity contribution in [3.05, 3.63) is 24.0 Å². The highest BCUT2D eigenvalue weighted by atomic mass is 16.5. The molecule has 0 aromatic carbocycles. The lowest BCUT2D eigenvalue weighted by atomic mass is 10.2. The van der Waals surface area contributed by atoms with Crippen LogP contribution in [0.15, 0.2) is 18.5 Å². The van der Waals surface area contributed by atoms with E-state index in [0.29, 0.717) is 12.2 Å². The van der Waals surface area contributed by atoms with E-state index in [9.17, 15) is 9.59 Å². The van der Waals surface area contributed by atoms with Gasteiger partial charge >= 0.3 is 12.0 Å². The van der Waals surface area contributed by atoms with Crippen molar-refractivity contribution in [2.75, 3.05) is 18.5 Å². The highest BCUT2D eigenvalue weighted by Gasteiger charge is 2.16. The Balaban J connectivity index is 1.84. The second-order valence-electron chi connectivity index (χ2n) is 4.24. The number of carboxylic acid groups (broad SMARTS) is 1. The van der Waals surface area contributed by atoms with Crippen LogP contribution in [0.1, 0.15) is 23.2 Å². The van der Waals surface area contributed by atoms with Crippen molar-refractivity contribution in [1.29, 1.82) is 0 Å². The number of hydrogen-bond donors (Lipinski definition) is 3. The van der Waals surface area contributed by atoms with Crippen molar-refractivity contribution in [1.82, 2.24) is 10.3 Å². The summed E-state index contributed by atoms with van der Waals surface area (Å²) in [5, 5.41) is 14.0. The SMILES string of the molecule is O=C(NCC1CCCO1)Nc1cncc(C(=O)O)c1. The average Bonchev–Trinajstić information content (AvgIpc) is 2.90. The minimum atomic E-state index is -1.09. The van der Waals surface area contributed by atoms with Crippen LogP contribution < -0.4 is 10.6 Å². The lowest BCUT2D eigenvalue weighted by Gasteiger charge is -2.11. The van der Waals surface area contributed by atoms with Gasteiger partial charge in [-0.2, -0.15) is 0 Å². The third-order valence-electron chi connectivity index (χ3n) is 2.76. The molecule has 2 heterocycles. The van der Waals surface area contributed by atoms with E-state index >= 15 is 0 Å². The Morgan fingerprint density at radius 3 is 3.00 bits per heavy atom. The van der Waals surface area contributed by atoms with Crippen molar-refractivity contribution >= 4 is 17.7 Å². The average molecular weight is 265 g/mol. The normalized spacial score (nSPS) is 18.0. The van der Waals surface area contributed by atoms with Crippen molar-refractivity contribution in [3.8, 4) is 0 Å². The predicted molar refractivity (Wildman–Crippen MR) is 67.2 cm³/mol. The molecule has 1 aromatic heterocycles. The van der Waals surface area contributed by atoms with Gasteiger partial charge < -0.3 is 20.5 Å². The molecule has 7 nitrogen and oxygen atoms in total. The smallest absolute Gasteiger partial charge is 0.337 e. The quantitative estimate of drug-likeness (QED) is 0.756. The number of hydrogen-bond acceptors (Lipinski definition) is 4. The molecule has 1 unspecified atom stereocenters. The molecule has 1 aromatic rings. The van der Waals surface area contributed by atoms with Crippen molar-refractivity contribution in [2.45, 2.75) is 18.9 Å². The van der Waals surface area contributed by atoms with E-state index in [4.69, 9.17) is 9.84 Å². The number of aromatic nitrogens is 1. The molecular weight excluding hydrogens is 250 g/mol. The van der Waals surface area contributed by atoms with Crippen LogP contribution in [0.3, 0.4) is 0 Å². The number of amides is 2. The summed E-state index contributed by atoms with van der Waals surface area (Å²) in [7, 11) is 0. The van der Waals surface area contributed by atoms with Crippen LogP contribution in [0.5, 0.6) is 0 Å². The third-order valence-corrected chi connectivity index (χ3v) is 2.76. The van der Waals surface area contributed by atoms with Gasteiger partial charge in [0.1, 0.15) is 0 Å². The summed E-state index contributed by atoms with van der Waals surface area (Å²) in [5.74, 6) is -1.09. The second-order valence-corrected chi connectivity index (χ2v) is 4.24. The molecule has 0 bridgehead atoms. The molecule has 2 amide bonds. The molecule has 1 aliphatic heterocycles. The number of nitrogens with one attached hydrogen (secondary N) is 2. The summed E-state index contributed by atoms with van der Waals surface area (Å²) < 4.78 is 5.37. The van der Waals surface area contributed by atoms with E-state index in [2.05, 4.69) is 15.6 Å². The van der Waals surface area contributed by atoms with Gasteiger partial charge in [-0.25, -0.2) is 9.59 Å². The van der Waals surface area contributed by atoms with Crippen molar-refractivity contribution in [2.24, 2.45) is 0 Å². The van der Waals surface area contributed by atoms with E-state index < -0.39 is 12.0 Å². The standard InChI is InChI=1S/C12H15N3O4/c16-11(17)8-4-9(6-13-5-8)15-12(18)14-7-10-2-1-3-19-10/h4-6,10H,1-3,7H2,(H,16,17)(H2,14,15,18). The van der Waals surface area contributed by atoms with Crippen LogP contribution in [-0.4, -0.2) is 41.3 Å². The van der Waals surface area contributed by atoms with E-state index in [-0.39, 0.29) is 11.7 Å². The van der Waals surface area contributed by atoms with Gasteiger partial charge in [0, 0.05) is 19.3 Å². The number of pyridine rings is 1. The Hall–Kier alpha value is -2.15. The maximum Gasteiger partial charge on any atom is 0.337 e. The molecule has 7 heteroatoms. The molecule has 1 fully saturated rings. The summed E-state index contributed by atoms with van der Waals surface area (Å²) in [6, 6.07) is 0.945. The molecule has 2 rings (SSSR count). The number of aromatic carboxylic acids is 1. The first-order valence-corrected chi connectivity index (χ1v) is 6.00. The fraction of sp³-hybridized carbons (Fsp3) is 0.417. The zero-order chi connectivity index (χ0) is 13.7. The molecule has 0 aliphatic carbocycles. The Labute approximate surface area is 110 Å². The van der Waals surface area contributed by atoms with Crippen LogP contribution >= 0.6 is 0 Å². The van der Waals surface area contributed by atoms with Gasteiger partial charge in [0.05, 0.1) is 23.6 Å². The number of nitrogens with zero attached hydrogens (tertiary/aromatic N) is 1. The summed E-state index contributed by atoms with van der Waals surface area (Å²) >= 11 is 0. The Morgan fingerprint density at radius 1 is 1.47 bits per heavy atom. The zero-order valence-electron chi connectivity index (χ0n) is 10.3. The number of ether oxygens (including phenoxy) is 1. The Kier molecular flexibility index (Phi) is 4.30. The Bertz CT molecular complexity index is 472. The van der Waals surface area contributed by atoms with Crippen LogP contribution in [0, 0.1) is 0 Å². The number of anilines is 1. The summed E-state index contributed by atoms with van der Waals surface area (Å²) in [4.78, 5) is 26.1. The predicted octanol–water partition coefficient (Wildman–Crippen LogP) is 1.08. The van der Waals surface area contributed by atoms with E-state index in [1.807, 2.05) is 0 Å². The second kappa shape index (κ2) is 6.14. The number of carboxylic acids is 1. The number of urea groups is 1. The van der Waals surface area contributed by atoms with Gasteiger partial charge in [0.2, 0.25) is 0 Å². The molecule has 0 saturated carbocycles. The largest absolute Gasteiger partial charge is 0.478 e. The van der Waals surface area contributed by atoms with E-state index in [0.717, 1.165) is 19.4 Å². The van der Waals surface area contributed by atoms with E-state index in [1.165, 1.54) is 18.5 Å². The summed E-state index contributed by atoms with van der Waals surface area (Å²) in [6.07, 6.45) is 4.62. The lowest BCUT2D eigenvalue weighted by Crippen LogP contribution is -2.35. The van der Waals surface area contributed by atoms with Gasteiger partial charge in [-0.15, -0.1) is 0 Å². The lowest BCUT2D eigenvalue weighted by molar-refractivity contribution is 0.0696. The van der Waals surface area contributed by atoms with Crippen LogP contribution in [-0.2, 0) is 4.74 Å². The molecule has 0 spiro atoms. The molecule has 0 radical (unpaired) electrons. The first-order valence-electron chi connectivity index (χ1n) is 6.00. The molecule has 1 saturated heterocycles. The van der Waals surface area contributed by atoms with Crippen LogP contribution in [0.4, 0.5) is 10.5 Å². The Morgan fingerprint density at radius 2 is 2.32 bits per heavy atom. The van der Waals surface area contributed by atoms with Gasteiger partial charge in [0.15, 0.2) is 0 Å². The number of carbonyl (C=O) groups is 2.